The normalized spacial score (nSPS) is 11.6. The summed E-state index contributed by atoms with van der Waals surface area (Å²) in [5, 5.41) is 0. The van der Waals surface area contributed by atoms with Crippen molar-refractivity contribution in [3.05, 3.63) is 22.6 Å². The summed E-state index contributed by atoms with van der Waals surface area (Å²) in [7, 11) is 0. The van der Waals surface area contributed by atoms with Gasteiger partial charge in [-0.1, -0.05) is 39.5 Å². The predicted octanol–water partition coefficient (Wildman–Crippen LogP) is 5.01. The minimum atomic E-state index is 0.792. The van der Waals surface area contributed by atoms with Gasteiger partial charge in [-0.15, -0.1) is 0 Å². The predicted molar refractivity (Wildman–Crippen MR) is 87.6 cm³/mol. The van der Waals surface area contributed by atoms with Gasteiger partial charge >= 0.3 is 0 Å². The first-order chi connectivity index (χ1) is 9.58. The zero-order valence-corrected chi connectivity index (χ0v) is 13.6. The molecule has 20 heavy (non-hydrogen) atoms. The van der Waals surface area contributed by atoms with E-state index >= 15 is 0 Å². The number of pyridine rings is 1. The Balaban J connectivity index is 1.91. The molecule has 2 rings (SSSR count). The van der Waals surface area contributed by atoms with E-state index in [1.165, 1.54) is 32.1 Å². The van der Waals surface area contributed by atoms with Crippen LogP contribution in [0.4, 0.5) is 0 Å². The number of fused-ring (bicyclic) bond motifs is 1. The molecular formula is C16H25N3S. The Morgan fingerprint density at radius 3 is 2.70 bits per heavy atom. The molecule has 0 unspecified atom stereocenters. The molecule has 0 atom stereocenters. The maximum absolute atomic E-state index is 5.40. The van der Waals surface area contributed by atoms with Gasteiger partial charge in [-0.2, -0.15) is 0 Å². The van der Waals surface area contributed by atoms with Gasteiger partial charge in [0.05, 0.1) is 5.52 Å². The molecule has 0 saturated carbocycles. The van der Waals surface area contributed by atoms with Crippen LogP contribution in [0.2, 0.25) is 0 Å². The van der Waals surface area contributed by atoms with Crippen molar-refractivity contribution in [1.29, 1.82) is 0 Å². The van der Waals surface area contributed by atoms with Gasteiger partial charge in [-0.05, 0) is 43.6 Å². The molecule has 0 radical (unpaired) electrons. The fourth-order valence-electron chi connectivity index (χ4n) is 2.51. The largest absolute Gasteiger partial charge is 0.329 e. The number of H-pyrrole nitrogens is 1. The summed E-state index contributed by atoms with van der Waals surface area (Å²) in [4.78, 5) is 7.84. The molecule has 0 saturated heterocycles. The zero-order chi connectivity index (χ0) is 14.5. The molecular weight excluding hydrogens is 266 g/mol. The molecule has 0 aliphatic rings. The molecule has 110 valence electrons. The quantitative estimate of drug-likeness (QED) is 0.574. The lowest BCUT2D eigenvalue weighted by atomic mass is 10.0. The van der Waals surface area contributed by atoms with E-state index in [1.807, 2.05) is 13.0 Å². The van der Waals surface area contributed by atoms with Crippen molar-refractivity contribution in [3.63, 3.8) is 0 Å². The number of nitrogens with one attached hydrogen (secondary N) is 1. The second-order valence-corrected chi connectivity index (χ2v) is 6.39. The van der Waals surface area contributed by atoms with Crippen molar-refractivity contribution >= 4 is 23.4 Å². The molecule has 0 amide bonds. The monoisotopic (exact) mass is 291 g/mol. The Morgan fingerprint density at radius 1 is 1.20 bits per heavy atom. The topological polar surface area (TPSA) is 33.6 Å². The van der Waals surface area contributed by atoms with Gasteiger partial charge < -0.3 is 9.55 Å². The summed E-state index contributed by atoms with van der Waals surface area (Å²) in [6, 6.07) is 4.08. The van der Waals surface area contributed by atoms with Crippen LogP contribution in [-0.4, -0.2) is 14.5 Å². The molecule has 0 bridgehead atoms. The van der Waals surface area contributed by atoms with Crippen LogP contribution in [0, 0.1) is 17.6 Å². The highest BCUT2D eigenvalue weighted by atomic mass is 32.1. The average Bonchev–Trinajstić information content (AvgIpc) is 2.69. The molecule has 0 aliphatic heterocycles. The number of rotatable bonds is 7. The summed E-state index contributed by atoms with van der Waals surface area (Å²) in [5.41, 5.74) is 3.08. The number of aromatic amines is 1. The molecule has 2 aromatic rings. The van der Waals surface area contributed by atoms with Gasteiger partial charge in [0.15, 0.2) is 10.4 Å². The second kappa shape index (κ2) is 7.02. The number of aryl methyl sites for hydroxylation is 2. The minimum Gasteiger partial charge on any atom is -0.329 e. The maximum atomic E-state index is 5.40. The van der Waals surface area contributed by atoms with Gasteiger partial charge in [0, 0.05) is 12.2 Å². The summed E-state index contributed by atoms with van der Waals surface area (Å²) < 4.78 is 2.93. The van der Waals surface area contributed by atoms with Gasteiger partial charge in [-0.3, -0.25) is 0 Å². The lowest BCUT2D eigenvalue weighted by Gasteiger charge is -2.06. The van der Waals surface area contributed by atoms with E-state index in [4.69, 9.17) is 12.2 Å². The van der Waals surface area contributed by atoms with Crippen LogP contribution >= 0.6 is 12.2 Å². The minimum absolute atomic E-state index is 0.792. The molecule has 0 aromatic carbocycles. The second-order valence-electron chi connectivity index (χ2n) is 6.00. The van der Waals surface area contributed by atoms with Crippen LogP contribution in [-0.2, 0) is 6.54 Å². The van der Waals surface area contributed by atoms with Crippen molar-refractivity contribution in [1.82, 2.24) is 14.5 Å². The standard InChI is InChI=1S/C16H25N3S/c1-12(2)8-6-4-5-7-11-19-15-14(18-16(19)20)10-9-13(3)17-15/h9-10,12H,4-8,11H2,1-3H3,(H,18,20). The van der Waals surface area contributed by atoms with Crippen LogP contribution in [0.25, 0.3) is 11.2 Å². The summed E-state index contributed by atoms with van der Waals surface area (Å²) in [6.45, 7) is 7.57. The Morgan fingerprint density at radius 2 is 1.95 bits per heavy atom. The molecule has 0 aliphatic carbocycles. The fraction of sp³-hybridized carbons (Fsp3) is 0.625. The van der Waals surface area contributed by atoms with Crippen molar-refractivity contribution in [2.45, 2.75) is 59.4 Å². The molecule has 2 aromatic heterocycles. The summed E-state index contributed by atoms with van der Waals surface area (Å²) in [5.74, 6) is 0.824. The van der Waals surface area contributed by atoms with Crippen molar-refractivity contribution in [2.24, 2.45) is 5.92 Å². The van der Waals surface area contributed by atoms with E-state index in [-0.39, 0.29) is 0 Å². The van der Waals surface area contributed by atoms with E-state index in [0.717, 1.165) is 34.1 Å². The third-order valence-corrected chi connectivity index (χ3v) is 3.99. The Labute approximate surface area is 126 Å². The Bertz CT molecular complexity index is 610. The van der Waals surface area contributed by atoms with E-state index in [2.05, 4.69) is 34.4 Å². The number of hydrogen-bond donors (Lipinski definition) is 1. The first kappa shape index (κ1) is 15.2. The Kier molecular flexibility index (Phi) is 5.35. The van der Waals surface area contributed by atoms with Crippen molar-refractivity contribution in [3.8, 4) is 0 Å². The third kappa shape index (κ3) is 3.92. The molecule has 4 heteroatoms. The van der Waals surface area contributed by atoms with Crippen LogP contribution in [0.1, 0.15) is 51.6 Å². The average molecular weight is 291 g/mol. The van der Waals surface area contributed by atoms with Gasteiger partial charge in [0.1, 0.15) is 0 Å². The van der Waals surface area contributed by atoms with Crippen molar-refractivity contribution in [2.75, 3.05) is 0 Å². The molecule has 0 fully saturated rings. The highest BCUT2D eigenvalue weighted by molar-refractivity contribution is 7.71. The number of imidazole rings is 1. The van der Waals surface area contributed by atoms with E-state index in [1.54, 1.807) is 0 Å². The van der Waals surface area contributed by atoms with E-state index < -0.39 is 0 Å². The molecule has 1 N–H and O–H groups in total. The fourth-order valence-corrected chi connectivity index (χ4v) is 2.80. The highest BCUT2D eigenvalue weighted by Gasteiger charge is 2.05. The third-order valence-electron chi connectivity index (χ3n) is 3.67. The highest BCUT2D eigenvalue weighted by Crippen LogP contribution is 2.15. The number of aromatic nitrogens is 3. The molecule has 0 spiro atoms. The van der Waals surface area contributed by atoms with Crippen molar-refractivity contribution < 1.29 is 0 Å². The number of unbranched alkanes of at least 4 members (excludes halogenated alkanes) is 3. The number of nitrogens with zero attached hydrogens (tertiary/aromatic N) is 2. The van der Waals surface area contributed by atoms with E-state index in [0.29, 0.717) is 0 Å². The summed E-state index contributed by atoms with van der Waals surface area (Å²) >= 11 is 5.40. The van der Waals surface area contributed by atoms with Gasteiger partial charge in [0.2, 0.25) is 0 Å². The van der Waals surface area contributed by atoms with Gasteiger partial charge in [0.25, 0.3) is 0 Å². The SMILES string of the molecule is Cc1ccc2[nH]c(=S)n(CCCCCCC(C)C)c2n1. The zero-order valence-electron chi connectivity index (χ0n) is 12.8. The Hall–Kier alpha value is -1.16. The maximum Gasteiger partial charge on any atom is 0.179 e. The first-order valence-electron chi connectivity index (χ1n) is 7.64. The van der Waals surface area contributed by atoms with Crippen LogP contribution in [0.15, 0.2) is 12.1 Å². The van der Waals surface area contributed by atoms with Crippen LogP contribution in [0.5, 0.6) is 0 Å². The number of hydrogen-bond acceptors (Lipinski definition) is 2. The summed E-state index contributed by atoms with van der Waals surface area (Å²) in [6.07, 6.45) is 6.45. The lowest BCUT2D eigenvalue weighted by Crippen LogP contribution is -2.00. The van der Waals surface area contributed by atoms with Crippen LogP contribution in [0.3, 0.4) is 0 Å². The first-order valence-corrected chi connectivity index (χ1v) is 8.05. The molecule has 3 nitrogen and oxygen atoms in total. The molecule has 2 heterocycles. The van der Waals surface area contributed by atoms with E-state index in [9.17, 15) is 0 Å². The smallest absolute Gasteiger partial charge is 0.179 e. The lowest BCUT2D eigenvalue weighted by molar-refractivity contribution is 0.506. The van der Waals surface area contributed by atoms with Crippen LogP contribution < -0.4 is 0 Å². The van der Waals surface area contributed by atoms with Gasteiger partial charge in [-0.25, -0.2) is 4.98 Å².